The molecule has 58 heavy (non-hydrogen) atoms. The number of hydrogen-bond acceptors (Lipinski definition) is 11. The van der Waals surface area contributed by atoms with Gasteiger partial charge in [0.15, 0.2) is 23.1 Å². The van der Waals surface area contributed by atoms with Gasteiger partial charge < -0.3 is 23.8 Å². The monoisotopic (exact) mass is 806 g/mol. The lowest BCUT2D eigenvalue weighted by Gasteiger charge is -2.49. The molecule has 4 aliphatic rings. The molecular weight excluding hydrogens is 744 g/mol. The number of Topliss-reactive ketones (excluding diaryl/α,β-unsaturated/α-hetero) is 2. The molecule has 0 saturated carbocycles. The largest absolute Gasteiger partial charge is 0.511 e. The summed E-state index contributed by atoms with van der Waals surface area (Å²) in [7, 11) is 3.74. The molecule has 0 saturated heterocycles. The third kappa shape index (κ3) is 7.80. The first-order chi connectivity index (χ1) is 27.4. The minimum atomic E-state index is -1.10. The number of allylic oxidation sites excluding steroid dienone is 2. The third-order valence-corrected chi connectivity index (χ3v) is 12.0. The summed E-state index contributed by atoms with van der Waals surface area (Å²) in [6, 6.07) is -0.697. The zero-order valence-electron chi connectivity index (χ0n) is 36.1. The van der Waals surface area contributed by atoms with Crippen molar-refractivity contribution in [2.24, 2.45) is 23.2 Å². The van der Waals surface area contributed by atoms with E-state index in [0.717, 1.165) is 19.3 Å². The number of halogens is 1. The van der Waals surface area contributed by atoms with E-state index in [4.69, 9.17) is 18.7 Å². The molecule has 2 aromatic rings. The smallest absolute Gasteiger partial charge is 0.414 e. The molecule has 2 heterocycles. The predicted octanol–water partition coefficient (Wildman–Crippen LogP) is 9.02. The normalized spacial score (nSPS) is 24.5. The van der Waals surface area contributed by atoms with Gasteiger partial charge in [0.25, 0.3) is 5.88 Å². The summed E-state index contributed by atoms with van der Waals surface area (Å²) in [4.78, 5) is 49.8. The molecule has 1 N–H and O–H groups in total. The number of unbranched alkanes of at least 4 members (excludes halogenated alkanes) is 2. The second-order valence-corrected chi connectivity index (χ2v) is 18.5. The van der Waals surface area contributed by atoms with Gasteiger partial charge in [0, 0.05) is 47.8 Å². The van der Waals surface area contributed by atoms with Crippen LogP contribution in [0.15, 0.2) is 28.5 Å². The van der Waals surface area contributed by atoms with Gasteiger partial charge in [0.2, 0.25) is 0 Å². The van der Waals surface area contributed by atoms with E-state index in [1.807, 2.05) is 39.8 Å². The number of carbonyl (C=O) groups is 3. The summed E-state index contributed by atoms with van der Waals surface area (Å²) in [6.45, 7) is 20.7. The first-order valence-corrected chi connectivity index (χ1v) is 21.1. The predicted molar refractivity (Wildman–Crippen MR) is 219 cm³/mol. The van der Waals surface area contributed by atoms with Crippen molar-refractivity contribution < 1.29 is 42.6 Å². The highest BCUT2D eigenvalue weighted by molar-refractivity contribution is 6.16. The molecule has 1 aromatic carbocycles. The van der Waals surface area contributed by atoms with Gasteiger partial charge in [-0.05, 0) is 84.0 Å². The number of anilines is 1. The Kier molecular flexibility index (Phi) is 12.6. The molecule has 318 valence electrons. The van der Waals surface area contributed by atoms with Crippen LogP contribution in [-0.4, -0.2) is 89.8 Å². The molecule has 1 amide bonds. The van der Waals surface area contributed by atoms with Crippen LogP contribution in [-0.2, 0) is 17.7 Å². The molecule has 13 heteroatoms. The van der Waals surface area contributed by atoms with Crippen LogP contribution in [0, 0.1) is 29.0 Å². The Morgan fingerprint density at radius 2 is 1.79 bits per heavy atom. The van der Waals surface area contributed by atoms with Gasteiger partial charge in [0.05, 0.1) is 36.4 Å². The summed E-state index contributed by atoms with van der Waals surface area (Å²) < 4.78 is 42.2. The van der Waals surface area contributed by atoms with Crippen molar-refractivity contribution in [3.05, 3.63) is 57.8 Å². The van der Waals surface area contributed by atoms with E-state index in [1.165, 1.54) is 4.90 Å². The molecule has 0 radical (unpaired) electrons. The molecule has 0 fully saturated rings. The SMILES string of the molecule is C=CCN1Cc2c(F)c3c(c(OCCCC)c2N(C(=O)OC(C)(C)C)C[C@H]1CC(C)C)C(=O)C1=C(O)C2C(=O)c4c(OCCCC)noc4[C@@H](N(C)C)[C@@H]2C[C@]1(C)C3. The van der Waals surface area contributed by atoms with E-state index in [2.05, 4.69) is 30.5 Å². The van der Waals surface area contributed by atoms with Crippen LogP contribution < -0.4 is 14.4 Å². The molecule has 0 spiro atoms. The van der Waals surface area contributed by atoms with Crippen LogP contribution in [0.1, 0.15) is 138 Å². The van der Waals surface area contributed by atoms with Crippen molar-refractivity contribution in [2.45, 2.75) is 125 Å². The lowest BCUT2D eigenvalue weighted by molar-refractivity contribution is 0.0404. The third-order valence-electron chi connectivity index (χ3n) is 12.0. The Hall–Kier alpha value is -4.23. The summed E-state index contributed by atoms with van der Waals surface area (Å²) >= 11 is 0. The quantitative estimate of drug-likeness (QED) is 0.154. The fourth-order valence-electron chi connectivity index (χ4n) is 9.64. The Morgan fingerprint density at radius 1 is 1.12 bits per heavy atom. The summed E-state index contributed by atoms with van der Waals surface area (Å²) in [6.07, 6.45) is 5.18. The number of benzene rings is 1. The number of aromatic nitrogens is 1. The van der Waals surface area contributed by atoms with E-state index >= 15 is 9.18 Å². The number of ketones is 2. The van der Waals surface area contributed by atoms with Gasteiger partial charge in [-0.3, -0.25) is 24.3 Å². The van der Waals surface area contributed by atoms with Crippen LogP contribution >= 0.6 is 0 Å². The van der Waals surface area contributed by atoms with Crippen LogP contribution in [0.2, 0.25) is 0 Å². The number of fused-ring (bicyclic) bond motifs is 5. The Bertz CT molecular complexity index is 1960. The van der Waals surface area contributed by atoms with E-state index in [0.29, 0.717) is 31.8 Å². The van der Waals surface area contributed by atoms with Gasteiger partial charge in [-0.2, -0.15) is 0 Å². The summed E-state index contributed by atoms with van der Waals surface area (Å²) in [5, 5.41) is 16.6. The second-order valence-electron chi connectivity index (χ2n) is 18.5. The lowest BCUT2D eigenvalue weighted by atomic mass is 9.55. The molecule has 0 bridgehead atoms. The van der Waals surface area contributed by atoms with Crippen LogP contribution in [0.4, 0.5) is 14.9 Å². The highest BCUT2D eigenvalue weighted by Gasteiger charge is 2.59. The van der Waals surface area contributed by atoms with Crippen molar-refractivity contribution in [1.82, 2.24) is 15.0 Å². The number of aliphatic hydroxyl groups excluding tert-OH is 1. The fraction of sp³-hybridized carbons (Fsp3) is 0.644. The maximum Gasteiger partial charge on any atom is 0.414 e. The molecular formula is C45H63FN4O8. The van der Waals surface area contributed by atoms with Crippen molar-refractivity contribution in [3.8, 4) is 11.6 Å². The average molecular weight is 807 g/mol. The molecule has 1 aromatic heterocycles. The zero-order valence-corrected chi connectivity index (χ0v) is 36.1. The maximum absolute atomic E-state index is 17.9. The van der Waals surface area contributed by atoms with Gasteiger partial charge in [-0.1, -0.05) is 53.5 Å². The minimum Gasteiger partial charge on any atom is -0.511 e. The number of rotatable bonds is 13. The van der Waals surface area contributed by atoms with E-state index in [9.17, 15) is 14.7 Å². The highest BCUT2D eigenvalue weighted by atomic mass is 19.1. The van der Waals surface area contributed by atoms with Crippen molar-refractivity contribution in [1.29, 1.82) is 0 Å². The highest BCUT2D eigenvalue weighted by Crippen LogP contribution is 2.60. The molecule has 5 atom stereocenters. The van der Waals surface area contributed by atoms with Crippen LogP contribution in [0.5, 0.6) is 11.6 Å². The Morgan fingerprint density at radius 3 is 2.40 bits per heavy atom. The minimum absolute atomic E-state index is 0.0300. The zero-order chi connectivity index (χ0) is 42.4. The maximum atomic E-state index is 17.9. The van der Waals surface area contributed by atoms with E-state index in [-0.39, 0.29) is 95.4 Å². The summed E-state index contributed by atoms with van der Waals surface area (Å²) in [5.74, 6) is -2.83. The number of carbonyl (C=O) groups excluding carboxylic acids is 3. The van der Waals surface area contributed by atoms with E-state index < -0.39 is 52.4 Å². The number of hydrogen-bond donors (Lipinski definition) is 1. The van der Waals surface area contributed by atoms with Gasteiger partial charge in [0.1, 0.15) is 22.7 Å². The van der Waals surface area contributed by atoms with Crippen LogP contribution in [0.3, 0.4) is 0 Å². The molecule has 12 nitrogen and oxygen atoms in total. The average Bonchev–Trinajstić information content (AvgIpc) is 3.47. The number of ether oxygens (including phenoxy) is 3. The van der Waals surface area contributed by atoms with Crippen LogP contribution in [0.25, 0.3) is 0 Å². The van der Waals surface area contributed by atoms with Crippen molar-refractivity contribution >= 4 is 23.3 Å². The first kappa shape index (κ1) is 43.4. The Balaban J connectivity index is 1.58. The second kappa shape index (κ2) is 16.8. The van der Waals surface area contributed by atoms with Gasteiger partial charge >= 0.3 is 6.09 Å². The molecule has 6 rings (SSSR count). The fourth-order valence-corrected chi connectivity index (χ4v) is 9.64. The number of nitrogens with zero attached hydrogens (tertiary/aromatic N) is 4. The number of amides is 1. The molecule has 3 aliphatic carbocycles. The van der Waals surface area contributed by atoms with Crippen molar-refractivity contribution in [2.75, 3.05) is 45.3 Å². The van der Waals surface area contributed by atoms with Crippen molar-refractivity contribution in [3.63, 3.8) is 0 Å². The summed E-state index contributed by atoms with van der Waals surface area (Å²) in [5.41, 5.74) is -1.17. The standard InChI is InChI=1S/C45H63FN4O8/c1-12-15-18-55-40-31-27(34(46)29-24-49(17-14-3)26(20-25(4)5)23-50(36(29)40)43(54)57-44(6,7)8)21-45(9)22-28-30(38(52)33(45)39(31)53)37(51)32-41(35(28)48(10)11)58-47-42(32)56-19-16-13-2/h14,25-26,28,30,35,52H,3,12-13,15-24H2,1-2,4-11H3/t26-,28-,30?,35+,45+/m1/s1. The first-order valence-electron chi connectivity index (χ1n) is 21.1. The van der Waals surface area contributed by atoms with Gasteiger partial charge in [-0.25, -0.2) is 9.18 Å². The number of aliphatic hydroxyl groups is 1. The van der Waals surface area contributed by atoms with E-state index in [1.54, 1.807) is 26.8 Å². The van der Waals surface area contributed by atoms with Gasteiger partial charge in [-0.15, -0.1) is 6.58 Å². The lowest BCUT2D eigenvalue weighted by Crippen LogP contribution is -2.50. The molecule has 1 unspecified atom stereocenters. The molecule has 1 aliphatic heterocycles. The Labute approximate surface area is 342 Å². The topological polar surface area (TPSA) is 135 Å².